The summed E-state index contributed by atoms with van der Waals surface area (Å²) in [5.74, 6) is -0.612. The number of nitrogens with zero attached hydrogens (tertiary/aromatic N) is 2. The normalized spacial score (nSPS) is 11.2. The van der Waals surface area contributed by atoms with Gasteiger partial charge in [-0.2, -0.15) is 5.10 Å². The van der Waals surface area contributed by atoms with Gasteiger partial charge in [-0.15, -0.1) is 0 Å². The number of aromatic nitrogens is 2. The number of methoxy groups -OCH3 is 1. The molecule has 0 bridgehead atoms. The summed E-state index contributed by atoms with van der Waals surface area (Å²) in [5, 5.41) is 13.5. The first-order chi connectivity index (χ1) is 7.40. The average molecular weight is 226 g/mol. The Morgan fingerprint density at radius 3 is 2.25 bits per heavy atom. The summed E-state index contributed by atoms with van der Waals surface area (Å²) in [4.78, 5) is 11.2. The van der Waals surface area contributed by atoms with Gasteiger partial charge in [0, 0.05) is 0 Å². The molecule has 0 aliphatic carbocycles. The Balaban J connectivity index is 3.46. The van der Waals surface area contributed by atoms with Gasteiger partial charge in [-0.1, -0.05) is 13.8 Å². The molecule has 0 aromatic carbocycles. The number of carbonyl (C=O) groups is 1. The predicted molar refractivity (Wildman–Crippen MR) is 60.2 cm³/mol. The van der Waals surface area contributed by atoms with Crippen molar-refractivity contribution in [3.05, 3.63) is 11.3 Å². The van der Waals surface area contributed by atoms with Gasteiger partial charge in [-0.3, -0.25) is 0 Å². The van der Waals surface area contributed by atoms with Crippen molar-refractivity contribution in [2.45, 2.75) is 39.7 Å². The Labute approximate surface area is 95.0 Å². The minimum Gasteiger partial charge on any atom is -0.481 e. The Kier molecular flexibility index (Phi) is 3.57. The fourth-order valence-corrected chi connectivity index (χ4v) is 1.59. The minimum atomic E-state index is -0.993. The zero-order valence-electron chi connectivity index (χ0n) is 10.3. The van der Waals surface area contributed by atoms with Gasteiger partial charge in [0.15, 0.2) is 0 Å². The van der Waals surface area contributed by atoms with Crippen LogP contribution in [0.3, 0.4) is 0 Å². The monoisotopic (exact) mass is 226 g/mol. The minimum absolute atomic E-state index is 0.0556. The fraction of sp³-hybridized carbons (Fsp3) is 0.636. The van der Waals surface area contributed by atoms with E-state index in [2.05, 4.69) is 5.10 Å². The van der Waals surface area contributed by atoms with Crippen molar-refractivity contribution in [2.75, 3.05) is 7.11 Å². The van der Waals surface area contributed by atoms with Gasteiger partial charge in [0.1, 0.15) is 5.56 Å². The number of hydrogen-bond acceptors (Lipinski definition) is 3. The van der Waals surface area contributed by atoms with Crippen molar-refractivity contribution < 1.29 is 14.6 Å². The van der Waals surface area contributed by atoms with Gasteiger partial charge in [-0.25, -0.2) is 9.48 Å². The van der Waals surface area contributed by atoms with Gasteiger partial charge < -0.3 is 9.84 Å². The SMILES string of the molecule is COc1c(C(=O)O)c(C(C)C)nn1C(C)C. The summed E-state index contributed by atoms with van der Waals surface area (Å²) in [5.41, 5.74) is 0.740. The van der Waals surface area contributed by atoms with Gasteiger partial charge in [-0.05, 0) is 19.8 Å². The number of hydrogen-bond donors (Lipinski definition) is 1. The van der Waals surface area contributed by atoms with Crippen LogP contribution in [0.5, 0.6) is 5.88 Å². The van der Waals surface area contributed by atoms with E-state index in [0.717, 1.165) is 0 Å². The van der Waals surface area contributed by atoms with E-state index < -0.39 is 5.97 Å². The quantitative estimate of drug-likeness (QED) is 0.855. The van der Waals surface area contributed by atoms with Crippen LogP contribution in [0.15, 0.2) is 0 Å². The summed E-state index contributed by atoms with van der Waals surface area (Å²) in [6.07, 6.45) is 0. The Morgan fingerprint density at radius 1 is 1.38 bits per heavy atom. The highest BCUT2D eigenvalue weighted by Crippen LogP contribution is 2.29. The maximum absolute atomic E-state index is 11.2. The van der Waals surface area contributed by atoms with Crippen molar-refractivity contribution >= 4 is 5.97 Å². The fourth-order valence-electron chi connectivity index (χ4n) is 1.59. The molecule has 1 rings (SSSR count). The highest BCUT2D eigenvalue weighted by atomic mass is 16.5. The molecule has 0 aliphatic rings. The molecule has 90 valence electrons. The molecule has 0 amide bonds. The molecule has 16 heavy (non-hydrogen) atoms. The van der Waals surface area contributed by atoms with E-state index in [9.17, 15) is 9.90 Å². The molecule has 1 aromatic heterocycles. The summed E-state index contributed by atoms with van der Waals surface area (Å²) in [6, 6.07) is 0.0700. The van der Waals surface area contributed by atoms with Crippen LogP contribution in [0.1, 0.15) is 55.7 Å². The summed E-state index contributed by atoms with van der Waals surface area (Å²) in [6.45, 7) is 7.70. The molecule has 0 fully saturated rings. The van der Waals surface area contributed by atoms with Crippen LogP contribution >= 0.6 is 0 Å². The number of carboxylic acid groups (broad SMARTS) is 1. The molecule has 0 spiro atoms. The molecule has 5 nitrogen and oxygen atoms in total. The predicted octanol–water partition coefficient (Wildman–Crippen LogP) is 2.29. The lowest BCUT2D eigenvalue weighted by Gasteiger charge is -2.09. The molecule has 0 radical (unpaired) electrons. The van der Waals surface area contributed by atoms with Crippen molar-refractivity contribution in [3.8, 4) is 5.88 Å². The zero-order chi connectivity index (χ0) is 12.5. The molecule has 0 unspecified atom stereocenters. The third-order valence-electron chi connectivity index (χ3n) is 2.34. The maximum atomic E-state index is 11.2. The Morgan fingerprint density at radius 2 is 1.94 bits per heavy atom. The van der Waals surface area contributed by atoms with E-state index in [-0.39, 0.29) is 17.5 Å². The Bertz CT molecular complexity index is 394. The van der Waals surface area contributed by atoms with Crippen molar-refractivity contribution in [3.63, 3.8) is 0 Å². The second-order valence-electron chi connectivity index (χ2n) is 4.27. The molecule has 0 saturated carbocycles. The molecular formula is C11H18N2O3. The number of carboxylic acids is 1. The van der Waals surface area contributed by atoms with E-state index in [4.69, 9.17) is 4.74 Å². The van der Waals surface area contributed by atoms with Crippen LogP contribution in [0.2, 0.25) is 0 Å². The molecule has 1 aromatic rings. The third-order valence-corrected chi connectivity index (χ3v) is 2.34. The number of ether oxygens (including phenoxy) is 1. The lowest BCUT2D eigenvalue weighted by molar-refractivity contribution is 0.0691. The largest absolute Gasteiger partial charge is 0.481 e. The summed E-state index contributed by atoms with van der Waals surface area (Å²) in [7, 11) is 1.46. The summed E-state index contributed by atoms with van der Waals surface area (Å²) >= 11 is 0. The topological polar surface area (TPSA) is 64.3 Å². The van der Waals surface area contributed by atoms with Crippen LogP contribution in [0.25, 0.3) is 0 Å². The number of rotatable bonds is 4. The maximum Gasteiger partial charge on any atom is 0.343 e. The molecular weight excluding hydrogens is 208 g/mol. The van der Waals surface area contributed by atoms with Crippen LogP contribution in [-0.2, 0) is 0 Å². The average Bonchev–Trinajstić information content (AvgIpc) is 2.56. The van der Waals surface area contributed by atoms with E-state index in [1.807, 2.05) is 27.7 Å². The first kappa shape index (κ1) is 12.5. The standard InChI is InChI=1S/C11H18N2O3/c1-6(2)9-8(11(14)15)10(16-5)13(12-9)7(3)4/h6-7H,1-5H3,(H,14,15). The van der Waals surface area contributed by atoms with Crippen molar-refractivity contribution in [2.24, 2.45) is 0 Å². The second kappa shape index (κ2) is 4.55. The van der Waals surface area contributed by atoms with E-state index in [1.54, 1.807) is 4.68 Å². The molecule has 0 saturated heterocycles. The molecule has 1 heterocycles. The van der Waals surface area contributed by atoms with Crippen molar-refractivity contribution in [1.82, 2.24) is 9.78 Å². The molecule has 1 N–H and O–H groups in total. The van der Waals surface area contributed by atoms with E-state index >= 15 is 0 Å². The van der Waals surface area contributed by atoms with Gasteiger partial charge in [0.05, 0.1) is 18.8 Å². The van der Waals surface area contributed by atoms with Crippen LogP contribution < -0.4 is 4.74 Å². The van der Waals surface area contributed by atoms with Gasteiger partial charge >= 0.3 is 5.97 Å². The molecule has 0 atom stereocenters. The first-order valence-corrected chi connectivity index (χ1v) is 5.29. The molecule has 0 aliphatic heterocycles. The Hall–Kier alpha value is -1.52. The van der Waals surface area contributed by atoms with Gasteiger partial charge in [0.2, 0.25) is 5.88 Å². The first-order valence-electron chi connectivity index (χ1n) is 5.29. The van der Waals surface area contributed by atoms with Crippen molar-refractivity contribution in [1.29, 1.82) is 0 Å². The highest BCUT2D eigenvalue weighted by Gasteiger charge is 2.26. The van der Waals surface area contributed by atoms with Crippen LogP contribution in [-0.4, -0.2) is 28.0 Å². The van der Waals surface area contributed by atoms with Gasteiger partial charge in [0.25, 0.3) is 0 Å². The summed E-state index contributed by atoms with van der Waals surface area (Å²) < 4.78 is 6.76. The zero-order valence-corrected chi connectivity index (χ0v) is 10.3. The lowest BCUT2D eigenvalue weighted by Crippen LogP contribution is -2.07. The lowest BCUT2D eigenvalue weighted by atomic mass is 10.1. The van der Waals surface area contributed by atoms with Crippen LogP contribution in [0.4, 0.5) is 0 Å². The van der Waals surface area contributed by atoms with E-state index in [1.165, 1.54) is 7.11 Å². The van der Waals surface area contributed by atoms with Crippen LogP contribution in [0, 0.1) is 0 Å². The third kappa shape index (κ3) is 2.03. The second-order valence-corrected chi connectivity index (χ2v) is 4.27. The highest BCUT2D eigenvalue weighted by molar-refractivity contribution is 5.92. The van der Waals surface area contributed by atoms with E-state index in [0.29, 0.717) is 11.6 Å². The smallest absolute Gasteiger partial charge is 0.343 e. The number of aromatic carboxylic acids is 1. The molecule has 5 heteroatoms.